The highest BCUT2D eigenvalue weighted by Crippen LogP contribution is 2.23. The molecular weight excluding hydrogens is 235 g/mol. The van der Waals surface area contributed by atoms with Crippen LogP contribution in [0.2, 0.25) is 5.02 Å². The van der Waals surface area contributed by atoms with Crippen molar-refractivity contribution in [2.45, 2.75) is 0 Å². The first kappa shape index (κ1) is 10.6. The highest BCUT2D eigenvalue weighted by atomic mass is 35.5. The fraction of sp³-hybridized carbons (Fsp3) is 0. The van der Waals surface area contributed by atoms with Gasteiger partial charge in [-0.25, -0.2) is 14.2 Å². The van der Waals surface area contributed by atoms with Gasteiger partial charge in [-0.15, -0.1) is 0 Å². The number of carbonyl (C=O) groups is 1. The molecule has 6 heteroatoms. The van der Waals surface area contributed by atoms with E-state index in [0.717, 1.165) is 0 Å². The van der Waals surface area contributed by atoms with Gasteiger partial charge in [-0.3, -0.25) is 0 Å². The highest BCUT2D eigenvalue weighted by Gasteiger charge is 2.10. The second-order valence-electron chi connectivity index (χ2n) is 3.08. The third kappa shape index (κ3) is 1.90. The van der Waals surface area contributed by atoms with Gasteiger partial charge in [-0.05, 0) is 18.2 Å². The monoisotopic (exact) mass is 240 g/mol. The van der Waals surface area contributed by atoms with Gasteiger partial charge in [0.1, 0.15) is 5.82 Å². The maximum Gasteiger partial charge on any atom is 0.371 e. The summed E-state index contributed by atoms with van der Waals surface area (Å²) < 4.78 is 12.9. The van der Waals surface area contributed by atoms with Gasteiger partial charge in [0.15, 0.2) is 0 Å². The molecule has 0 spiro atoms. The first-order chi connectivity index (χ1) is 7.58. The number of nitrogens with one attached hydrogen (secondary N) is 1. The van der Waals surface area contributed by atoms with Crippen LogP contribution in [0.4, 0.5) is 4.39 Å². The van der Waals surface area contributed by atoms with Crippen molar-refractivity contribution in [2.24, 2.45) is 0 Å². The molecule has 0 aliphatic rings. The fourth-order valence-electron chi connectivity index (χ4n) is 1.24. The molecule has 0 radical (unpaired) electrons. The van der Waals surface area contributed by atoms with Gasteiger partial charge in [0.05, 0.1) is 16.9 Å². The highest BCUT2D eigenvalue weighted by molar-refractivity contribution is 6.31. The number of hydrogen-bond donors (Lipinski definition) is 2. The molecule has 1 aromatic heterocycles. The van der Waals surface area contributed by atoms with Crippen LogP contribution in [0.15, 0.2) is 24.4 Å². The summed E-state index contributed by atoms with van der Waals surface area (Å²) in [5, 5.41) is 8.64. The standard InChI is InChI=1S/C10H6ClFN2O2/c11-6-3-5(1-2-7(6)12)8-4-13-9(14-8)10(15)16/h1-4H,(H,13,14)(H,15,16). The Morgan fingerprint density at radius 1 is 1.50 bits per heavy atom. The van der Waals surface area contributed by atoms with Gasteiger partial charge in [-0.2, -0.15) is 0 Å². The minimum absolute atomic E-state index is 0.0241. The number of rotatable bonds is 2. The lowest BCUT2D eigenvalue weighted by molar-refractivity contribution is 0.0685. The zero-order valence-corrected chi connectivity index (χ0v) is 8.62. The molecule has 0 aliphatic heterocycles. The van der Waals surface area contributed by atoms with E-state index in [2.05, 4.69) is 9.97 Å². The number of imidazole rings is 1. The lowest BCUT2D eigenvalue weighted by Crippen LogP contribution is -1.98. The first-order valence-electron chi connectivity index (χ1n) is 4.31. The van der Waals surface area contributed by atoms with Gasteiger partial charge in [0.2, 0.25) is 5.82 Å². The Morgan fingerprint density at radius 2 is 2.25 bits per heavy atom. The summed E-state index contributed by atoms with van der Waals surface area (Å²) in [5.74, 6) is -1.85. The predicted molar refractivity (Wildman–Crippen MR) is 56.0 cm³/mol. The van der Waals surface area contributed by atoms with Gasteiger partial charge < -0.3 is 10.1 Å². The summed E-state index contributed by atoms with van der Waals surface area (Å²) in [6.07, 6.45) is 1.35. The van der Waals surface area contributed by atoms with Crippen molar-refractivity contribution >= 4 is 17.6 Å². The van der Waals surface area contributed by atoms with Crippen LogP contribution in [0.3, 0.4) is 0 Å². The van der Waals surface area contributed by atoms with Gasteiger partial charge in [-0.1, -0.05) is 11.6 Å². The normalized spacial score (nSPS) is 10.4. The van der Waals surface area contributed by atoms with Crippen LogP contribution < -0.4 is 0 Å². The molecule has 2 rings (SSSR count). The smallest absolute Gasteiger partial charge is 0.371 e. The number of aromatic carboxylic acids is 1. The number of halogens is 2. The molecule has 16 heavy (non-hydrogen) atoms. The summed E-state index contributed by atoms with van der Waals surface area (Å²) in [5.41, 5.74) is 1.05. The molecule has 0 unspecified atom stereocenters. The number of H-pyrrole nitrogens is 1. The Morgan fingerprint density at radius 3 is 2.81 bits per heavy atom. The van der Waals surface area contributed by atoms with Crippen molar-refractivity contribution in [3.05, 3.63) is 41.1 Å². The van der Waals surface area contributed by atoms with E-state index in [0.29, 0.717) is 11.3 Å². The molecule has 0 saturated carbocycles. The van der Waals surface area contributed by atoms with Crippen molar-refractivity contribution in [2.75, 3.05) is 0 Å². The lowest BCUT2D eigenvalue weighted by Gasteiger charge is -1.98. The largest absolute Gasteiger partial charge is 0.475 e. The molecule has 2 aromatic rings. The summed E-state index contributed by atoms with van der Waals surface area (Å²) in [6, 6.07) is 4.09. The number of benzene rings is 1. The molecule has 4 nitrogen and oxygen atoms in total. The van der Waals surface area contributed by atoms with E-state index >= 15 is 0 Å². The molecule has 0 aliphatic carbocycles. The van der Waals surface area contributed by atoms with E-state index in [1.54, 1.807) is 0 Å². The van der Waals surface area contributed by atoms with E-state index in [1.807, 2.05) is 0 Å². The maximum absolute atomic E-state index is 12.9. The Labute approximate surface area is 94.7 Å². The van der Waals surface area contributed by atoms with Crippen molar-refractivity contribution in [1.29, 1.82) is 0 Å². The topological polar surface area (TPSA) is 66.0 Å². The molecule has 82 valence electrons. The second-order valence-corrected chi connectivity index (χ2v) is 3.49. The third-order valence-electron chi connectivity index (χ3n) is 2.01. The van der Waals surface area contributed by atoms with Crippen molar-refractivity contribution in [1.82, 2.24) is 9.97 Å². The quantitative estimate of drug-likeness (QED) is 0.848. The van der Waals surface area contributed by atoms with Crippen LogP contribution in [0.25, 0.3) is 11.3 Å². The average Bonchev–Trinajstić information content (AvgIpc) is 2.71. The number of carboxylic acid groups (broad SMARTS) is 1. The Hall–Kier alpha value is -1.88. The van der Waals surface area contributed by atoms with E-state index < -0.39 is 11.8 Å². The van der Waals surface area contributed by atoms with Crippen LogP contribution in [0.1, 0.15) is 10.6 Å². The van der Waals surface area contributed by atoms with Crippen LogP contribution in [-0.4, -0.2) is 21.0 Å². The molecule has 0 fully saturated rings. The Kier molecular flexibility index (Phi) is 2.62. The minimum Gasteiger partial charge on any atom is -0.475 e. The van der Waals surface area contributed by atoms with Gasteiger partial charge in [0, 0.05) is 5.56 Å². The van der Waals surface area contributed by atoms with E-state index in [9.17, 15) is 9.18 Å². The number of hydrogen-bond acceptors (Lipinski definition) is 2. The third-order valence-corrected chi connectivity index (χ3v) is 2.30. The maximum atomic E-state index is 12.9. The van der Waals surface area contributed by atoms with E-state index in [4.69, 9.17) is 16.7 Å². The second kappa shape index (κ2) is 3.94. The summed E-state index contributed by atoms with van der Waals surface area (Å²) >= 11 is 5.61. The van der Waals surface area contributed by atoms with Crippen LogP contribution in [-0.2, 0) is 0 Å². The van der Waals surface area contributed by atoms with Crippen LogP contribution >= 0.6 is 11.6 Å². The van der Waals surface area contributed by atoms with E-state index in [1.165, 1.54) is 24.4 Å². The molecule has 2 N–H and O–H groups in total. The zero-order chi connectivity index (χ0) is 11.7. The Balaban J connectivity index is 2.42. The molecule has 0 atom stereocenters. The first-order valence-corrected chi connectivity index (χ1v) is 4.69. The van der Waals surface area contributed by atoms with Crippen molar-refractivity contribution in [3.8, 4) is 11.3 Å². The number of nitrogens with zero attached hydrogens (tertiary/aromatic N) is 1. The Bertz CT molecular complexity index is 554. The molecule has 0 amide bonds. The predicted octanol–water partition coefficient (Wildman–Crippen LogP) is 2.57. The lowest BCUT2D eigenvalue weighted by atomic mass is 10.2. The molecule has 0 saturated heterocycles. The minimum atomic E-state index is -1.15. The van der Waals surface area contributed by atoms with Gasteiger partial charge in [0.25, 0.3) is 0 Å². The van der Waals surface area contributed by atoms with Crippen LogP contribution in [0.5, 0.6) is 0 Å². The zero-order valence-electron chi connectivity index (χ0n) is 7.87. The molecule has 1 aromatic carbocycles. The van der Waals surface area contributed by atoms with Crippen molar-refractivity contribution in [3.63, 3.8) is 0 Å². The summed E-state index contributed by atoms with van der Waals surface area (Å²) in [7, 11) is 0. The molecule has 0 bridgehead atoms. The van der Waals surface area contributed by atoms with Crippen molar-refractivity contribution < 1.29 is 14.3 Å². The van der Waals surface area contributed by atoms with Gasteiger partial charge >= 0.3 is 5.97 Å². The number of aromatic amines is 1. The number of aromatic nitrogens is 2. The average molecular weight is 241 g/mol. The molecule has 1 heterocycles. The SMILES string of the molecule is O=C(O)c1ncc(-c2ccc(F)c(Cl)c2)[nH]1. The van der Waals surface area contributed by atoms with E-state index in [-0.39, 0.29) is 10.8 Å². The van der Waals surface area contributed by atoms with Crippen LogP contribution in [0, 0.1) is 5.82 Å². The summed E-state index contributed by atoms with van der Waals surface area (Å²) in [4.78, 5) is 16.8. The molecular formula is C10H6ClFN2O2. The number of carboxylic acids is 1. The summed E-state index contributed by atoms with van der Waals surface area (Å²) in [6.45, 7) is 0. The fourth-order valence-corrected chi connectivity index (χ4v) is 1.42.